The molecule has 0 aliphatic heterocycles. The normalized spacial score (nSPS) is 11.3. The molecular weight excluding hydrogens is 426 g/mol. The number of hydrogen-bond donors (Lipinski definition) is 1. The van der Waals surface area contributed by atoms with Crippen LogP contribution in [0.5, 0.6) is 11.5 Å². The fourth-order valence-corrected chi connectivity index (χ4v) is 4.15. The van der Waals surface area contributed by atoms with Gasteiger partial charge in [0.25, 0.3) is 0 Å². The van der Waals surface area contributed by atoms with Gasteiger partial charge >= 0.3 is 0 Å². The van der Waals surface area contributed by atoms with Crippen molar-refractivity contribution in [3.8, 4) is 28.8 Å². The molecule has 1 N–H and O–H groups in total. The van der Waals surface area contributed by atoms with Crippen LogP contribution in [0.1, 0.15) is 24.4 Å². The van der Waals surface area contributed by atoms with Gasteiger partial charge in [-0.1, -0.05) is 56.3 Å². The van der Waals surface area contributed by atoms with Gasteiger partial charge in [-0.15, -0.1) is 11.3 Å². The van der Waals surface area contributed by atoms with E-state index in [0.29, 0.717) is 16.5 Å². The second-order valence-corrected chi connectivity index (χ2v) is 8.94. The number of para-hydroxylation sites is 1. The molecular formula is C28H25N3OS. The highest BCUT2D eigenvalue weighted by atomic mass is 32.1. The van der Waals surface area contributed by atoms with Crippen molar-refractivity contribution in [3.63, 3.8) is 0 Å². The molecule has 0 radical (unpaired) electrons. The molecule has 0 spiro atoms. The zero-order valence-electron chi connectivity index (χ0n) is 18.7. The fraction of sp³-hybridized carbons (Fsp3) is 0.143. The van der Waals surface area contributed by atoms with Gasteiger partial charge in [0, 0.05) is 22.8 Å². The quantitative estimate of drug-likeness (QED) is 0.278. The van der Waals surface area contributed by atoms with Crippen molar-refractivity contribution in [2.24, 2.45) is 5.92 Å². The highest BCUT2D eigenvalue weighted by Crippen LogP contribution is 2.27. The van der Waals surface area contributed by atoms with Gasteiger partial charge in [-0.25, -0.2) is 4.98 Å². The van der Waals surface area contributed by atoms with Crippen LogP contribution in [-0.2, 0) is 6.42 Å². The number of rotatable bonds is 8. The third-order valence-electron chi connectivity index (χ3n) is 4.97. The third-order valence-corrected chi connectivity index (χ3v) is 5.84. The van der Waals surface area contributed by atoms with Crippen LogP contribution in [-0.4, -0.2) is 4.98 Å². The molecule has 0 unspecified atom stereocenters. The van der Waals surface area contributed by atoms with E-state index >= 15 is 0 Å². The Morgan fingerprint density at radius 1 is 1.00 bits per heavy atom. The Hall–Kier alpha value is -3.88. The summed E-state index contributed by atoms with van der Waals surface area (Å²) in [5.74, 6) is 2.17. The van der Waals surface area contributed by atoms with Gasteiger partial charge in [-0.2, -0.15) is 5.26 Å². The summed E-state index contributed by atoms with van der Waals surface area (Å²) in [5.41, 5.74) is 4.62. The Morgan fingerprint density at radius 2 is 1.70 bits per heavy atom. The van der Waals surface area contributed by atoms with Crippen molar-refractivity contribution in [3.05, 3.63) is 101 Å². The lowest BCUT2D eigenvalue weighted by Crippen LogP contribution is -1.93. The number of benzene rings is 3. The Balaban J connectivity index is 1.42. The predicted octanol–water partition coefficient (Wildman–Crippen LogP) is 7.78. The molecule has 0 aliphatic rings. The first-order valence-electron chi connectivity index (χ1n) is 10.9. The van der Waals surface area contributed by atoms with Crippen LogP contribution in [0.4, 0.5) is 5.69 Å². The van der Waals surface area contributed by atoms with Gasteiger partial charge in [0.2, 0.25) is 0 Å². The van der Waals surface area contributed by atoms with Crippen LogP contribution in [0.3, 0.4) is 0 Å². The molecule has 0 aliphatic carbocycles. The summed E-state index contributed by atoms with van der Waals surface area (Å²) in [5, 5.41) is 15.5. The van der Waals surface area contributed by atoms with Crippen molar-refractivity contribution < 1.29 is 4.74 Å². The van der Waals surface area contributed by atoms with E-state index in [9.17, 15) is 5.26 Å². The summed E-state index contributed by atoms with van der Waals surface area (Å²) in [7, 11) is 0. The van der Waals surface area contributed by atoms with Crippen molar-refractivity contribution in [2.75, 3.05) is 5.32 Å². The Morgan fingerprint density at radius 3 is 2.36 bits per heavy atom. The van der Waals surface area contributed by atoms with Gasteiger partial charge in [0.15, 0.2) is 0 Å². The molecule has 4 rings (SSSR count). The summed E-state index contributed by atoms with van der Waals surface area (Å²) < 4.78 is 5.82. The van der Waals surface area contributed by atoms with Crippen molar-refractivity contribution >= 4 is 22.6 Å². The summed E-state index contributed by atoms with van der Waals surface area (Å²) in [4.78, 5) is 4.68. The standard InChI is InChI=1S/C28H25N3OS/c1-20(2)16-21-8-10-22(11-9-21)27-19-33-28(31-27)23(17-29)18-30-24-12-14-26(15-13-24)32-25-6-4-3-5-7-25/h3-15,18-20,30H,16H2,1-2H3. The zero-order chi connectivity index (χ0) is 23.0. The smallest absolute Gasteiger partial charge is 0.136 e. The molecule has 4 aromatic rings. The van der Waals surface area contributed by atoms with Crippen LogP contribution >= 0.6 is 11.3 Å². The maximum Gasteiger partial charge on any atom is 0.136 e. The van der Waals surface area contributed by atoms with E-state index in [2.05, 4.69) is 54.5 Å². The first-order valence-corrected chi connectivity index (χ1v) is 11.7. The van der Waals surface area contributed by atoms with Gasteiger partial charge < -0.3 is 10.1 Å². The van der Waals surface area contributed by atoms with Crippen LogP contribution in [0, 0.1) is 17.2 Å². The van der Waals surface area contributed by atoms with Crippen molar-refractivity contribution in [2.45, 2.75) is 20.3 Å². The largest absolute Gasteiger partial charge is 0.457 e. The second kappa shape index (κ2) is 10.6. The average molecular weight is 452 g/mol. The van der Waals surface area contributed by atoms with E-state index in [1.807, 2.05) is 60.0 Å². The molecule has 164 valence electrons. The van der Waals surface area contributed by atoms with Crippen molar-refractivity contribution in [1.29, 1.82) is 5.26 Å². The minimum atomic E-state index is 0.493. The second-order valence-electron chi connectivity index (χ2n) is 8.09. The monoisotopic (exact) mass is 451 g/mol. The summed E-state index contributed by atoms with van der Waals surface area (Å²) in [6.07, 6.45) is 2.76. The average Bonchev–Trinajstić information content (AvgIpc) is 3.31. The Bertz CT molecular complexity index is 1250. The van der Waals surface area contributed by atoms with E-state index in [1.165, 1.54) is 16.9 Å². The SMILES string of the molecule is CC(C)Cc1ccc(-c2csc(C(C#N)=CNc3ccc(Oc4ccccc4)cc3)n2)cc1. The molecule has 0 amide bonds. The number of allylic oxidation sites excluding steroid dienone is 1. The molecule has 0 saturated heterocycles. The number of anilines is 1. The molecule has 0 saturated carbocycles. The number of nitrogens with zero attached hydrogens (tertiary/aromatic N) is 2. The number of ether oxygens (including phenoxy) is 1. The first-order chi connectivity index (χ1) is 16.1. The van der Waals surface area contributed by atoms with E-state index in [-0.39, 0.29) is 0 Å². The van der Waals surface area contributed by atoms with E-state index in [1.54, 1.807) is 6.20 Å². The number of nitriles is 1. The van der Waals surface area contributed by atoms with Crippen LogP contribution in [0.2, 0.25) is 0 Å². The maximum absolute atomic E-state index is 9.65. The molecule has 0 atom stereocenters. The molecule has 1 aromatic heterocycles. The molecule has 4 nitrogen and oxygen atoms in total. The van der Waals surface area contributed by atoms with E-state index in [4.69, 9.17) is 4.74 Å². The summed E-state index contributed by atoms with van der Waals surface area (Å²) in [6.45, 7) is 4.44. The van der Waals surface area contributed by atoms with E-state index < -0.39 is 0 Å². The summed E-state index contributed by atoms with van der Waals surface area (Å²) >= 11 is 1.47. The fourth-order valence-electron chi connectivity index (χ4n) is 3.35. The van der Waals surface area contributed by atoms with Crippen LogP contribution in [0.15, 0.2) is 90.4 Å². The molecule has 0 bridgehead atoms. The molecule has 1 heterocycles. The Kier molecular flexibility index (Phi) is 7.19. The highest BCUT2D eigenvalue weighted by Gasteiger charge is 2.09. The third kappa shape index (κ3) is 6.09. The summed E-state index contributed by atoms with van der Waals surface area (Å²) in [6, 6.07) is 28.0. The molecule has 5 heteroatoms. The predicted molar refractivity (Wildman–Crippen MR) is 136 cm³/mol. The zero-order valence-corrected chi connectivity index (χ0v) is 19.5. The number of aromatic nitrogens is 1. The number of nitrogens with one attached hydrogen (secondary N) is 1. The lowest BCUT2D eigenvalue weighted by atomic mass is 10.0. The van der Waals surface area contributed by atoms with Gasteiger partial charge in [-0.05, 0) is 54.3 Å². The van der Waals surface area contributed by atoms with Crippen LogP contribution in [0.25, 0.3) is 16.8 Å². The van der Waals surface area contributed by atoms with Crippen LogP contribution < -0.4 is 10.1 Å². The molecule has 33 heavy (non-hydrogen) atoms. The van der Waals surface area contributed by atoms with Crippen molar-refractivity contribution in [1.82, 2.24) is 4.98 Å². The van der Waals surface area contributed by atoms with E-state index in [0.717, 1.165) is 34.9 Å². The minimum Gasteiger partial charge on any atom is -0.457 e. The maximum atomic E-state index is 9.65. The number of thiazole rings is 1. The first kappa shape index (κ1) is 22.3. The molecule has 3 aromatic carbocycles. The van der Waals surface area contributed by atoms with Gasteiger partial charge in [0.05, 0.1) is 5.69 Å². The highest BCUT2D eigenvalue weighted by molar-refractivity contribution is 7.11. The Labute approximate surface area is 198 Å². The molecule has 0 fully saturated rings. The topological polar surface area (TPSA) is 57.9 Å². The minimum absolute atomic E-state index is 0.493. The van der Waals surface area contributed by atoms with Gasteiger partial charge in [0.1, 0.15) is 28.1 Å². The lowest BCUT2D eigenvalue weighted by molar-refractivity contribution is 0.483. The lowest BCUT2D eigenvalue weighted by Gasteiger charge is -2.07. The number of hydrogen-bond acceptors (Lipinski definition) is 5. The van der Waals surface area contributed by atoms with Gasteiger partial charge in [-0.3, -0.25) is 0 Å².